The van der Waals surface area contributed by atoms with Crippen molar-refractivity contribution >= 4 is 23.6 Å². The first-order chi connectivity index (χ1) is 8.63. The molecule has 0 aliphatic carbocycles. The smallest absolute Gasteiger partial charge is 0.326 e. The van der Waals surface area contributed by atoms with Crippen LogP contribution < -0.4 is 5.32 Å². The van der Waals surface area contributed by atoms with Crippen LogP contribution in [0.3, 0.4) is 0 Å². The van der Waals surface area contributed by atoms with E-state index in [0.29, 0.717) is 12.8 Å². The van der Waals surface area contributed by atoms with Crippen LogP contribution in [0.2, 0.25) is 0 Å². The van der Waals surface area contributed by atoms with Gasteiger partial charge in [0.15, 0.2) is 0 Å². The van der Waals surface area contributed by atoms with Gasteiger partial charge in [-0.3, -0.25) is 4.79 Å². The van der Waals surface area contributed by atoms with Gasteiger partial charge in [-0.05, 0) is 44.4 Å². The minimum absolute atomic E-state index is 0.157. The molecule has 2 N–H and O–H groups in total. The van der Waals surface area contributed by atoms with E-state index in [1.807, 2.05) is 6.26 Å². The lowest BCUT2D eigenvalue weighted by Gasteiger charge is -2.16. The number of amides is 1. The fraction of sp³-hybridized carbons (Fsp3) is 0.833. The van der Waals surface area contributed by atoms with Gasteiger partial charge in [-0.15, -0.1) is 0 Å². The molecule has 0 saturated carbocycles. The summed E-state index contributed by atoms with van der Waals surface area (Å²) in [5, 5.41) is 11.6. The number of thioether (sulfide) groups is 1. The zero-order valence-electron chi connectivity index (χ0n) is 10.9. The predicted octanol–water partition coefficient (Wildman–Crippen LogP) is 0.795. The molecule has 1 aliphatic rings. The van der Waals surface area contributed by atoms with Crippen LogP contribution in [0.15, 0.2) is 0 Å². The number of hydrogen-bond acceptors (Lipinski definition) is 4. The molecule has 1 saturated heterocycles. The Labute approximate surface area is 112 Å². The Morgan fingerprint density at radius 3 is 2.61 bits per heavy atom. The third-order valence-electron chi connectivity index (χ3n) is 3.10. The molecule has 6 heteroatoms. The van der Waals surface area contributed by atoms with Crippen LogP contribution in [-0.4, -0.2) is 59.6 Å². The molecule has 0 aromatic rings. The maximum Gasteiger partial charge on any atom is 0.326 e. The first-order valence-corrected chi connectivity index (χ1v) is 7.76. The van der Waals surface area contributed by atoms with Gasteiger partial charge in [0.25, 0.3) is 0 Å². The molecule has 1 rings (SSSR count). The molecule has 0 aromatic heterocycles. The summed E-state index contributed by atoms with van der Waals surface area (Å²) in [6.45, 7) is 2.85. The van der Waals surface area contributed by atoms with E-state index in [1.165, 1.54) is 12.8 Å². The molecule has 18 heavy (non-hydrogen) atoms. The second kappa shape index (κ2) is 8.37. The number of carbonyl (C=O) groups is 2. The number of nitrogens with one attached hydrogen (secondary N) is 1. The summed E-state index contributed by atoms with van der Waals surface area (Å²) < 4.78 is 0. The lowest BCUT2D eigenvalue weighted by molar-refractivity contribution is -0.141. The van der Waals surface area contributed by atoms with Gasteiger partial charge in [-0.2, -0.15) is 11.8 Å². The molecule has 104 valence electrons. The first kappa shape index (κ1) is 15.3. The molecule has 1 atom stereocenters. The molecule has 5 nitrogen and oxygen atoms in total. The summed E-state index contributed by atoms with van der Waals surface area (Å²) in [5.41, 5.74) is 0. The second-order valence-corrected chi connectivity index (χ2v) is 5.52. The van der Waals surface area contributed by atoms with E-state index in [-0.39, 0.29) is 5.91 Å². The Kier molecular flexibility index (Phi) is 7.12. The summed E-state index contributed by atoms with van der Waals surface area (Å²) in [4.78, 5) is 24.9. The van der Waals surface area contributed by atoms with Crippen molar-refractivity contribution in [3.8, 4) is 0 Å². The van der Waals surface area contributed by atoms with Crippen molar-refractivity contribution < 1.29 is 14.7 Å². The molecule has 1 aliphatic heterocycles. The molecule has 0 spiro atoms. The Balaban J connectivity index is 2.24. The van der Waals surface area contributed by atoms with Gasteiger partial charge >= 0.3 is 5.97 Å². The van der Waals surface area contributed by atoms with Crippen molar-refractivity contribution in [1.29, 1.82) is 0 Å². The first-order valence-electron chi connectivity index (χ1n) is 6.37. The monoisotopic (exact) mass is 274 g/mol. The minimum atomic E-state index is -0.946. The van der Waals surface area contributed by atoms with Gasteiger partial charge in [0, 0.05) is 13.0 Å². The van der Waals surface area contributed by atoms with Crippen molar-refractivity contribution in [2.45, 2.75) is 31.7 Å². The maximum atomic E-state index is 11.7. The van der Waals surface area contributed by atoms with Gasteiger partial charge in [0.2, 0.25) is 5.91 Å². The lowest BCUT2D eigenvalue weighted by atomic mass is 10.2. The van der Waals surface area contributed by atoms with Gasteiger partial charge in [0.05, 0.1) is 0 Å². The number of aliphatic carboxylic acids is 1. The lowest BCUT2D eigenvalue weighted by Crippen LogP contribution is -2.42. The van der Waals surface area contributed by atoms with Crippen LogP contribution in [0.1, 0.15) is 25.7 Å². The number of likely N-dealkylation sites (tertiary alicyclic amines) is 1. The van der Waals surface area contributed by atoms with Crippen LogP contribution in [0.4, 0.5) is 0 Å². The third kappa shape index (κ3) is 5.73. The Hall–Kier alpha value is -0.750. The zero-order chi connectivity index (χ0) is 13.4. The van der Waals surface area contributed by atoms with E-state index in [4.69, 9.17) is 5.11 Å². The van der Waals surface area contributed by atoms with E-state index in [0.717, 1.165) is 25.4 Å². The summed E-state index contributed by atoms with van der Waals surface area (Å²) in [7, 11) is 0. The molecule has 1 amide bonds. The standard InChI is InChI=1S/C12H22N2O3S/c1-18-9-5-10(12(16)17)13-11(15)4-8-14-6-2-3-7-14/h10H,2-9H2,1H3,(H,13,15)(H,16,17)/t10-/m0/s1. The highest BCUT2D eigenvalue weighted by Gasteiger charge is 2.20. The molecular weight excluding hydrogens is 252 g/mol. The van der Waals surface area contributed by atoms with Gasteiger partial charge in [0.1, 0.15) is 6.04 Å². The predicted molar refractivity (Wildman–Crippen MR) is 72.9 cm³/mol. The number of carboxylic acids is 1. The summed E-state index contributed by atoms with van der Waals surface area (Å²) in [5.74, 6) is -0.363. The molecule has 0 aromatic carbocycles. The fourth-order valence-electron chi connectivity index (χ4n) is 2.03. The SMILES string of the molecule is CSCC[C@H](NC(=O)CCN1CCCC1)C(=O)O. The minimum Gasteiger partial charge on any atom is -0.480 e. The van der Waals surface area contributed by atoms with Crippen LogP contribution >= 0.6 is 11.8 Å². The van der Waals surface area contributed by atoms with Gasteiger partial charge in [-0.25, -0.2) is 4.79 Å². The van der Waals surface area contributed by atoms with Crippen molar-refractivity contribution in [3.63, 3.8) is 0 Å². The summed E-state index contributed by atoms with van der Waals surface area (Å²) in [6, 6.07) is -0.747. The zero-order valence-corrected chi connectivity index (χ0v) is 11.7. The highest BCUT2D eigenvalue weighted by molar-refractivity contribution is 7.98. The molecule has 0 radical (unpaired) electrons. The molecule has 1 fully saturated rings. The Morgan fingerprint density at radius 1 is 1.39 bits per heavy atom. The highest BCUT2D eigenvalue weighted by Crippen LogP contribution is 2.07. The number of nitrogens with zero attached hydrogens (tertiary/aromatic N) is 1. The van der Waals surface area contributed by atoms with Crippen LogP contribution in [0.25, 0.3) is 0 Å². The Bertz CT molecular complexity index is 280. The normalized spacial score (nSPS) is 17.6. The number of hydrogen-bond donors (Lipinski definition) is 2. The van der Waals surface area contributed by atoms with Crippen LogP contribution in [0, 0.1) is 0 Å². The molecule has 1 heterocycles. The van der Waals surface area contributed by atoms with E-state index in [1.54, 1.807) is 11.8 Å². The van der Waals surface area contributed by atoms with E-state index >= 15 is 0 Å². The molecule has 0 unspecified atom stereocenters. The number of carboxylic acid groups (broad SMARTS) is 1. The second-order valence-electron chi connectivity index (χ2n) is 4.54. The molecular formula is C12H22N2O3S. The highest BCUT2D eigenvalue weighted by atomic mass is 32.2. The van der Waals surface area contributed by atoms with Crippen molar-refractivity contribution in [3.05, 3.63) is 0 Å². The van der Waals surface area contributed by atoms with Crippen molar-refractivity contribution in [2.24, 2.45) is 0 Å². The molecule has 0 bridgehead atoms. The van der Waals surface area contributed by atoms with Crippen molar-refractivity contribution in [1.82, 2.24) is 10.2 Å². The summed E-state index contributed by atoms with van der Waals surface area (Å²) in [6.07, 6.45) is 5.20. The quantitative estimate of drug-likeness (QED) is 0.685. The summed E-state index contributed by atoms with van der Waals surface area (Å²) >= 11 is 1.59. The number of rotatable bonds is 8. The largest absolute Gasteiger partial charge is 0.480 e. The van der Waals surface area contributed by atoms with Crippen LogP contribution in [0.5, 0.6) is 0 Å². The average molecular weight is 274 g/mol. The van der Waals surface area contributed by atoms with Crippen LogP contribution in [-0.2, 0) is 9.59 Å². The Morgan fingerprint density at radius 2 is 2.06 bits per heavy atom. The average Bonchev–Trinajstić information content (AvgIpc) is 2.84. The maximum absolute atomic E-state index is 11.7. The van der Waals surface area contributed by atoms with E-state index in [2.05, 4.69) is 10.2 Å². The fourth-order valence-corrected chi connectivity index (χ4v) is 2.50. The van der Waals surface area contributed by atoms with E-state index in [9.17, 15) is 9.59 Å². The van der Waals surface area contributed by atoms with E-state index < -0.39 is 12.0 Å². The number of carbonyl (C=O) groups excluding carboxylic acids is 1. The van der Waals surface area contributed by atoms with Gasteiger partial charge in [-0.1, -0.05) is 0 Å². The van der Waals surface area contributed by atoms with Crippen molar-refractivity contribution in [2.75, 3.05) is 31.6 Å². The van der Waals surface area contributed by atoms with Gasteiger partial charge < -0.3 is 15.3 Å². The third-order valence-corrected chi connectivity index (χ3v) is 3.74. The topological polar surface area (TPSA) is 69.6 Å².